The van der Waals surface area contributed by atoms with E-state index in [0.29, 0.717) is 6.42 Å². The molecule has 0 aromatic carbocycles. The summed E-state index contributed by atoms with van der Waals surface area (Å²) in [4.78, 5) is 13.0. The Bertz CT molecular complexity index is 926. The third-order valence-electron chi connectivity index (χ3n) is 12.8. The summed E-state index contributed by atoms with van der Waals surface area (Å²) in [5.41, 5.74) is 0. The van der Waals surface area contributed by atoms with Crippen LogP contribution in [0.25, 0.3) is 0 Å². The molecule has 0 aromatic rings. The van der Waals surface area contributed by atoms with Crippen LogP contribution >= 0.6 is 0 Å². The van der Waals surface area contributed by atoms with Gasteiger partial charge in [-0.3, -0.25) is 4.79 Å². The first-order valence-electron chi connectivity index (χ1n) is 25.8. The average molecular weight is 858 g/mol. The molecular formula is C50H99NO9. The van der Waals surface area contributed by atoms with Crippen LogP contribution < -0.4 is 5.32 Å². The van der Waals surface area contributed by atoms with E-state index in [9.17, 15) is 35.4 Å². The first-order valence-corrected chi connectivity index (χ1v) is 25.8. The number of aliphatic hydroxyl groups excluding tert-OH is 6. The molecule has 1 fully saturated rings. The van der Waals surface area contributed by atoms with E-state index >= 15 is 0 Å². The lowest BCUT2D eigenvalue weighted by atomic mass is 9.98. The molecule has 1 amide bonds. The minimum absolute atomic E-state index is 0.253. The Morgan fingerprint density at radius 3 is 1.23 bits per heavy atom. The predicted octanol–water partition coefficient (Wildman–Crippen LogP) is 10.5. The highest BCUT2D eigenvalue weighted by Crippen LogP contribution is 2.23. The Hall–Kier alpha value is -0.850. The molecule has 8 atom stereocenters. The van der Waals surface area contributed by atoms with Gasteiger partial charge in [0.15, 0.2) is 6.29 Å². The molecule has 2 unspecified atom stereocenters. The summed E-state index contributed by atoms with van der Waals surface area (Å²) < 4.78 is 11.2. The predicted molar refractivity (Wildman–Crippen MR) is 246 cm³/mol. The topological polar surface area (TPSA) is 169 Å². The SMILES string of the molecule is CCCCCCCCCCCCCCCCCCCCCCCCCCCC(=O)N[C@@H](CO[C@@H]1O[C@H](CO)[C@H](O)C(O)C1O)[C@H](O)[C@H](O)CCCCCCCCCCCC. The number of nitrogens with one attached hydrogen (secondary N) is 1. The second-order valence-corrected chi connectivity index (χ2v) is 18.5. The molecule has 0 aromatic heterocycles. The van der Waals surface area contributed by atoms with Gasteiger partial charge in [-0.25, -0.2) is 0 Å². The van der Waals surface area contributed by atoms with E-state index in [1.165, 1.54) is 180 Å². The molecule has 1 heterocycles. The van der Waals surface area contributed by atoms with Crippen molar-refractivity contribution >= 4 is 5.91 Å². The molecule has 0 spiro atoms. The molecule has 7 N–H and O–H groups in total. The van der Waals surface area contributed by atoms with E-state index in [-0.39, 0.29) is 18.9 Å². The monoisotopic (exact) mass is 858 g/mol. The lowest BCUT2D eigenvalue weighted by Crippen LogP contribution is -2.60. The van der Waals surface area contributed by atoms with Crippen molar-refractivity contribution < 1.29 is 44.9 Å². The number of hydrogen-bond acceptors (Lipinski definition) is 9. The normalized spacial score (nSPS) is 21.0. The summed E-state index contributed by atoms with van der Waals surface area (Å²) in [5.74, 6) is -0.253. The molecule has 1 saturated heterocycles. The van der Waals surface area contributed by atoms with Crippen molar-refractivity contribution in [1.29, 1.82) is 0 Å². The van der Waals surface area contributed by atoms with Crippen LogP contribution in [0.5, 0.6) is 0 Å². The molecule has 0 radical (unpaired) electrons. The molecule has 1 aliphatic heterocycles. The third kappa shape index (κ3) is 30.3. The van der Waals surface area contributed by atoms with Gasteiger partial charge in [0.25, 0.3) is 0 Å². The van der Waals surface area contributed by atoms with Gasteiger partial charge in [-0.15, -0.1) is 0 Å². The highest BCUT2D eigenvalue weighted by Gasteiger charge is 2.44. The Balaban J connectivity index is 2.22. The van der Waals surface area contributed by atoms with Crippen molar-refractivity contribution in [3.8, 4) is 0 Å². The largest absolute Gasteiger partial charge is 0.394 e. The first kappa shape index (κ1) is 57.2. The number of ether oxygens (including phenoxy) is 2. The van der Waals surface area contributed by atoms with Crippen LogP contribution in [-0.2, 0) is 14.3 Å². The Morgan fingerprint density at radius 2 is 0.867 bits per heavy atom. The maximum Gasteiger partial charge on any atom is 0.220 e. The fourth-order valence-corrected chi connectivity index (χ4v) is 8.61. The zero-order chi connectivity index (χ0) is 43.9. The van der Waals surface area contributed by atoms with Gasteiger partial charge in [-0.05, 0) is 12.8 Å². The van der Waals surface area contributed by atoms with Crippen molar-refractivity contribution in [3.63, 3.8) is 0 Å². The van der Waals surface area contributed by atoms with Gasteiger partial charge in [-0.2, -0.15) is 0 Å². The van der Waals surface area contributed by atoms with E-state index < -0.39 is 55.6 Å². The first-order chi connectivity index (χ1) is 29.3. The zero-order valence-electron chi connectivity index (χ0n) is 39.1. The summed E-state index contributed by atoms with van der Waals surface area (Å²) in [6.07, 6.45) is 35.6. The summed E-state index contributed by atoms with van der Waals surface area (Å²) in [6.45, 7) is 3.61. The Morgan fingerprint density at radius 1 is 0.517 bits per heavy atom. The maximum absolute atomic E-state index is 13.0. The standard InChI is InChI=1S/C50H99NO9/c1-3-5-7-9-11-13-15-16-17-18-19-20-21-22-23-24-25-26-27-28-29-31-33-35-37-39-45(54)51-42(41-59-50-49(58)48(57)47(56)44(40-52)60-50)46(55)43(53)38-36-34-32-30-14-12-10-8-6-4-2/h42-44,46-50,52-53,55-58H,3-41H2,1-2H3,(H,51,54)/t42-,43+,44+,46-,47-,48?,49?,50+/m0/s1. The number of unbranched alkanes of at least 4 members (excludes halogenated alkanes) is 33. The molecular weight excluding hydrogens is 759 g/mol. The quantitative estimate of drug-likeness (QED) is 0.0295. The van der Waals surface area contributed by atoms with Crippen LogP contribution in [0.15, 0.2) is 0 Å². The second-order valence-electron chi connectivity index (χ2n) is 18.5. The van der Waals surface area contributed by atoms with E-state index in [1.54, 1.807) is 0 Å². The number of aliphatic hydroxyl groups is 6. The van der Waals surface area contributed by atoms with Gasteiger partial charge in [0.05, 0.1) is 25.4 Å². The van der Waals surface area contributed by atoms with E-state index in [2.05, 4.69) is 19.2 Å². The van der Waals surface area contributed by atoms with E-state index in [1.807, 2.05) is 0 Å². The third-order valence-corrected chi connectivity index (χ3v) is 12.8. The van der Waals surface area contributed by atoms with Gasteiger partial charge in [0.2, 0.25) is 5.91 Å². The van der Waals surface area contributed by atoms with Gasteiger partial charge < -0.3 is 45.4 Å². The van der Waals surface area contributed by atoms with E-state index in [0.717, 1.165) is 44.9 Å². The number of carbonyl (C=O) groups is 1. The van der Waals surface area contributed by atoms with Crippen molar-refractivity contribution in [2.45, 2.75) is 300 Å². The van der Waals surface area contributed by atoms with Gasteiger partial charge >= 0.3 is 0 Å². The minimum atomic E-state index is -1.60. The number of amides is 1. The van der Waals surface area contributed by atoms with Crippen molar-refractivity contribution in [2.24, 2.45) is 0 Å². The number of hydrogen-bond donors (Lipinski definition) is 7. The van der Waals surface area contributed by atoms with Crippen LogP contribution in [-0.4, -0.2) is 98.7 Å². The maximum atomic E-state index is 13.0. The molecule has 358 valence electrons. The van der Waals surface area contributed by atoms with Crippen LogP contribution in [0.3, 0.4) is 0 Å². The van der Waals surface area contributed by atoms with Crippen LogP contribution in [0.4, 0.5) is 0 Å². The van der Waals surface area contributed by atoms with Crippen LogP contribution in [0.2, 0.25) is 0 Å². The van der Waals surface area contributed by atoms with Crippen molar-refractivity contribution in [2.75, 3.05) is 13.2 Å². The molecule has 10 heteroatoms. The molecule has 0 bridgehead atoms. The number of carbonyl (C=O) groups excluding carboxylic acids is 1. The lowest BCUT2D eigenvalue weighted by Gasteiger charge is -2.40. The summed E-state index contributed by atoms with van der Waals surface area (Å²) in [5, 5.41) is 65.2. The minimum Gasteiger partial charge on any atom is -0.394 e. The lowest BCUT2D eigenvalue weighted by molar-refractivity contribution is -0.303. The van der Waals surface area contributed by atoms with Gasteiger partial charge in [0, 0.05) is 6.42 Å². The zero-order valence-corrected chi connectivity index (χ0v) is 39.1. The van der Waals surface area contributed by atoms with Crippen molar-refractivity contribution in [1.82, 2.24) is 5.32 Å². The molecule has 60 heavy (non-hydrogen) atoms. The summed E-state index contributed by atoms with van der Waals surface area (Å²) >= 11 is 0. The van der Waals surface area contributed by atoms with Gasteiger partial charge in [-0.1, -0.05) is 232 Å². The molecule has 1 rings (SSSR count). The smallest absolute Gasteiger partial charge is 0.220 e. The van der Waals surface area contributed by atoms with Crippen LogP contribution in [0.1, 0.15) is 251 Å². The summed E-state index contributed by atoms with van der Waals surface area (Å²) in [6, 6.07) is -0.984. The molecule has 0 saturated carbocycles. The highest BCUT2D eigenvalue weighted by molar-refractivity contribution is 5.76. The van der Waals surface area contributed by atoms with Crippen molar-refractivity contribution in [3.05, 3.63) is 0 Å². The number of rotatable bonds is 44. The Kier molecular flexibility index (Phi) is 39.0. The molecule has 0 aliphatic carbocycles. The Labute approximate surface area is 368 Å². The molecule has 10 nitrogen and oxygen atoms in total. The fourth-order valence-electron chi connectivity index (χ4n) is 8.61. The summed E-state index contributed by atoms with van der Waals surface area (Å²) in [7, 11) is 0. The van der Waals surface area contributed by atoms with Crippen LogP contribution in [0, 0.1) is 0 Å². The molecule has 1 aliphatic rings. The van der Waals surface area contributed by atoms with Gasteiger partial charge in [0.1, 0.15) is 30.5 Å². The second kappa shape index (κ2) is 40.9. The van der Waals surface area contributed by atoms with E-state index in [4.69, 9.17) is 9.47 Å². The highest BCUT2D eigenvalue weighted by atomic mass is 16.7. The fraction of sp³-hybridized carbons (Fsp3) is 0.980. The average Bonchev–Trinajstić information content (AvgIpc) is 3.25.